The number of hydrogen-bond acceptors (Lipinski definition) is 6. The molecular formula is C19H26N2O6S. The van der Waals surface area contributed by atoms with Gasteiger partial charge in [0.15, 0.2) is 6.61 Å². The molecule has 1 aromatic carbocycles. The summed E-state index contributed by atoms with van der Waals surface area (Å²) in [5.74, 6) is -0.990. The summed E-state index contributed by atoms with van der Waals surface area (Å²) in [6.45, 7) is 0.530. The van der Waals surface area contributed by atoms with E-state index in [9.17, 15) is 18.0 Å². The van der Waals surface area contributed by atoms with Crippen LogP contribution in [0.4, 0.5) is 0 Å². The summed E-state index contributed by atoms with van der Waals surface area (Å²) < 4.78 is 37.6. The molecule has 2 N–H and O–H groups in total. The summed E-state index contributed by atoms with van der Waals surface area (Å²) in [6.07, 6.45) is 5.78. The minimum atomic E-state index is -3.68. The van der Waals surface area contributed by atoms with Gasteiger partial charge in [-0.15, -0.1) is 0 Å². The smallest absolute Gasteiger partial charge is 0.338 e. The molecule has 1 aliphatic heterocycles. The Morgan fingerprint density at radius 3 is 2.43 bits per heavy atom. The lowest BCUT2D eigenvalue weighted by molar-refractivity contribution is -0.124. The number of carbonyl (C=O) groups excluding carboxylic acids is 2. The Morgan fingerprint density at radius 1 is 1.07 bits per heavy atom. The molecule has 1 saturated heterocycles. The van der Waals surface area contributed by atoms with Gasteiger partial charge in [0.2, 0.25) is 10.0 Å². The Balaban J connectivity index is 1.48. The molecule has 2 fully saturated rings. The van der Waals surface area contributed by atoms with Crippen LogP contribution in [0.5, 0.6) is 0 Å². The second-order valence-electron chi connectivity index (χ2n) is 7.14. The largest absolute Gasteiger partial charge is 0.452 e. The van der Waals surface area contributed by atoms with Crippen molar-refractivity contribution in [2.24, 2.45) is 0 Å². The van der Waals surface area contributed by atoms with Crippen LogP contribution >= 0.6 is 0 Å². The number of carbonyl (C=O) groups is 2. The highest BCUT2D eigenvalue weighted by atomic mass is 32.2. The third kappa shape index (κ3) is 5.76. The summed E-state index contributed by atoms with van der Waals surface area (Å²) in [4.78, 5) is 23.9. The van der Waals surface area contributed by atoms with E-state index < -0.39 is 16.0 Å². The summed E-state index contributed by atoms with van der Waals surface area (Å²) in [7, 11) is -3.68. The molecule has 28 heavy (non-hydrogen) atoms. The number of rotatable bonds is 8. The lowest BCUT2D eigenvalue weighted by atomic mass is 10.2. The van der Waals surface area contributed by atoms with Crippen LogP contribution in [0.1, 0.15) is 48.9 Å². The molecule has 0 spiro atoms. The van der Waals surface area contributed by atoms with Crippen LogP contribution in [-0.2, 0) is 24.3 Å². The number of nitrogens with one attached hydrogen (secondary N) is 2. The molecule has 1 aliphatic carbocycles. The molecule has 0 aromatic heterocycles. The van der Waals surface area contributed by atoms with Crippen molar-refractivity contribution >= 4 is 21.9 Å². The number of esters is 1. The van der Waals surface area contributed by atoms with Crippen molar-refractivity contribution < 1.29 is 27.5 Å². The molecule has 0 radical (unpaired) electrons. The van der Waals surface area contributed by atoms with Crippen LogP contribution in [0, 0.1) is 0 Å². The molecule has 1 atom stereocenters. The standard InChI is InChI=1S/C19H26N2O6S/c22-18(21-15-4-1-2-5-15)13-27-19(23)14-7-9-17(10-8-14)28(24,25)20-12-16-6-3-11-26-16/h7-10,15-16,20H,1-6,11-13H2,(H,21,22)/t16-/m0/s1. The predicted molar refractivity (Wildman–Crippen MR) is 101 cm³/mol. The van der Waals surface area contributed by atoms with Crippen molar-refractivity contribution in [2.75, 3.05) is 19.8 Å². The van der Waals surface area contributed by atoms with Crippen molar-refractivity contribution in [2.45, 2.75) is 55.6 Å². The highest BCUT2D eigenvalue weighted by Crippen LogP contribution is 2.17. The van der Waals surface area contributed by atoms with E-state index in [1.807, 2.05) is 0 Å². The van der Waals surface area contributed by atoms with Crippen LogP contribution < -0.4 is 10.0 Å². The van der Waals surface area contributed by atoms with Gasteiger partial charge >= 0.3 is 5.97 Å². The summed E-state index contributed by atoms with van der Waals surface area (Å²) >= 11 is 0. The molecule has 3 rings (SSSR count). The Hall–Kier alpha value is -1.97. The zero-order valence-electron chi connectivity index (χ0n) is 15.7. The molecule has 1 aromatic rings. The average molecular weight is 410 g/mol. The van der Waals surface area contributed by atoms with E-state index in [2.05, 4.69) is 10.0 Å². The maximum Gasteiger partial charge on any atom is 0.338 e. The molecule has 1 amide bonds. The zero-order valence-corrected chi connectivity index (χ0v) is 16.5. The lowest BCUT2D eigenvalue weighted by Crippen LogP contribution is -2.35. The first-order valence-electron chi connectivity index (χ1n) is 9.62. The van der Waals surface area contributed by atoms with Gasteiger partial charge in [0, 0.05) is 19.2 Å². The topological polar surface area (TPSA) is 111 Å². The number of hydrogen-bond donors (Lipinski definition) is 2. The van der Waals surface area contributed by atoms with E-state index in [-0.39, 0.29) is 41.7 Å². The lowest BCUT2D eigenvalue weighted by Gasteiger charge is -2.12. The van der Waals surface area contributed by atoms with Gasteiger partial charge in [0.25, 0.3) is 5.91 Å². The van der Waals surface area contributed by atoms with Crippen LogP contribution in [0.25, 0.3) is 0 Å². The summed E-state index contributed by atoms with van der Waals surface area (Å²) in [5.41, 5.74) is 0.187. The van der Waals surface area contributed by atoms with Crippen LogP contribution in [0.3, 0.4) is 0 Å². The maximum absolute atomic E-state index is 12.3. The van der Waals surface area contributed by atoms with Gasteiger partial charge in [-0.05, 0) is 49.9 Å². The maximum atomic E-state index is 12.3. The van der Waals surface area contributed by atoms with Gasteiger partial charge in [-0.3, -0.25) is 4.79 Å². The van der Waals surface area contributed by atoms with Gasteiger partial charge < -0.3 is 14.8 Å². The van der Waals surface area contributed by atoms with Gasteiger partial charge in [-0.2, -0.15) is 0 Å². The van der Waals surface area contributed by atoms with Crippen molar-refractivity contribution in [3.63, 3.8) is 0 Å². The molecule has 9 heteroatoms. The zero-order chi connectivity index (χ0) is 20.0. The van der Waals surface area contributed by atoms with Crippen LogP contribution in [0.2, 0.25) is 0 Å². The fourth-order valence-corrected chi connectivity index (χ4v) is 4.48. The van der Waals surface area contributed by atoms with Crippen LogP contribution in [0.15, 0.2) is 29.2 Å². The highest BCUT2D eigenvalue weighted by Gasteiger charge is 2.21. The fourth-order valence-electron chi connectivity index (χ4n) is 3.42. The Bertz CT molecular complexity index is 781. The monoisotopic (exact) mass is 410 g/mol. The van der Waals surface area contributed by atoms with E-state index in [0.29, 0.717) is 6.61 Å². The van der Waals surface area contributed by atoms with Gasteiger partial charge in [0.05, 0.1) is 16.6 Å². The summed E-state index contributed by atoms with van der Waals surface area (Å²) in [6, 6.07) is 5.59. The van der Waals surface area contributed by atoms with E-state index in [4.69, 9.17) is 9.47 Å². The normalized spacial score (nSPS) is 20.2. The van der Waals surface area contributed by atoms with Crippen molar-refractivity contribution in [3.05, 3.63) is 29.8 Å². The van der Waals surface area contributed by atoms with Gasteiger partial charge in [-0.1, -0.05) is 12.8 Å². The minimum absolute atomic E-state index is 0.0565. The van der Waals surface area contributed by atoms with Gasteiger partial charge in [0.1, 0.15) is 0 Å². The Morgan fingerprint density at radius 2 is 1.79 bits per heavy atom. The molecule has 8 nitrogen and oxygen atoms in total. The van der Waals surface area contributed by atoms with E-state index in [0.717, 1.165) is 38.5 Å². The second-order valence-corrected chi connectivity index (χ2v) is 8.90. The molecule has 154 valence electrons. The third-order valence-electron chi connectivity index (χ3n) is 4.98. The van der Waals surface area contributed by atoms with Crippen molar-refractivity contribution in [1.82, 2.24) is 10.0 Å². The molecule has 2 aliphatic rings. The molecule has 0 bridgehead atoms. The van der Waals surface area contributed by atoms with Crippen LogP contribution in [-0.4, -0.2) is 52.2 Å². The third-order valence-corrected chi connectivity index (χ3v) is 6.42. The first-order valence-corrected chi connectivity index (χ1v) is 11.1. The van der Waals surface area contributed by atoms with E-state index in [1.165, 1.54) is 24.3 Å². The minimum Gasteiger partial charge on any atom is -0.452 e. The molecule has 1 saturated carbocycles. The van der Waals surface area contributed by atoms with Gasteiger partial charge in [-0.25, -0.2) is 17.9 Å². The van der Waals surface area contributed by atoms with Crippen molar-refractivity contribution in [3.8, 4) is 0 Å². The van der Waals surface area contributed by atoms with E-state index in [1.54, 1.807) is 0 Å². The second kappa shape index (κ2) is 9.49. The number of amides is 1. The average Bonchev–Trinajstić information content (AvgIpc) is 3.39. The Kier molecular flexibility index (Phi) is 7.03. The number of ether oxygens (including phenoxy) is 2. The number of benzene rings is 1. The first kappa shape index (κ1) is 20.8. The van der Waals surface area contributed by atoms with E-state index >= 15 is 0 Å². The highest BCUT2D eigenvalue weighted by molar-refractivity contribution is 7.89. The summed E-state index contributed by atoms with van der Waals surface area (Å²) in [5, 5.41) is 2.84. The predicted octanol–water partition coefficient (Wildman–Crippen LogP) is 1.36. The molecule has 1 heterocycles. The fraction of sp³-hybridized carbons (Fsp3) is 0.579. The first-order chi connectivity index (χ1) is 13.4. The SMILES string of the molecule is O=C(COC(=O)c1ccc(S(=O)(=O)NC[C@@H]2CCCO2)cc1)NC1CCCC1. The van der Waals surface area contributed by atoms with Crippen molar-refractivity contribution in [1.29, 1.82) is 0 Å². The molecular weight excluding hydrogens is 384 g/mol. The number of sulfonamides is 1. The molecule has 0 unspecified atom stereocenters. The quantitative estimate of drug-likeness (QED) is 0.626. The Labute approximate surface area is 165 Å².